The van der Waals surface area contributed by atoms with Gasteiger partial charge in [0.2, 0.25) is 0 Å². The van der Waals surface area contributed by atoms with Crippen molar-refractivity contribution >= 4 is 40.6 Å². The summed E-state index contributed by atoms with van der Waals surface area (Å²) in [5.74, 6) is -0.390. The largest absolute Gasteiger partial charge is 0.465 e. The van der Waals surface area contributed by atoms with E-state index in [2.05, 4.69) is 41.6 Å². The number of carbonyl (C=O) groups excluding carboxylic acids is 2. The lowest BCUT2D eigenvalue weighted by Gasteiger charge is -2.35. The fourth-order valence-electron chi connectivity index (χ4n) is 4.00. The minimum atomic E-state index is -0.206. The minimum Gasteiger partial charge on any atom is -0.465 e. The number of nitrogens with zero attached hydrogens (tertiary/aromatic N) is 4. The van der Waals surface area contributed by atoms with Gasteiger partial charge in [0.05, 0.1) is 30.1 Å². The zero-order chi connectivity index (χ0) is 25.8. The third-order valence-corrected chi connectivity index (χ3v) is 6.41. The zero-order valence-corrected chi connectivity index (χ0v) is 22.3. The minimum absolute atomic E-state index is 0.0376. The SMILES string of the molecule is CCOC(=O)CN1CCN(C(=S)NN/C(C)=C2\C(=O)N(c3ccc(C(C)(C)C)cc3)N=C2C)CC1. The Hall–Kier alpha value is -2.98. The summed E-state index contributed by atoms with van der Waals surface area (Å²) in [6, 6.07) is 7.92. The molecule has 0 aliphatic carbocycles. The molecule has 0 radical (unpaired) electrons. The van der Waals surface area contributed by atoms with Gasteiger partial charge in [0.1, 0.15) is 0 Å². The Morgan fingerprint density at radius 1 is 1.11 bits per heavy atom. The van der Waals surface area contributed by atoms with Crippen LogP contribution in [0.4, 0.5) is 5.69 Å². The van der Waals surface area contributed by atoms with Crippen LogP contribution in [-0.2, 0) is 19.7 Å². The van der Waals surface area contributed by atoms with Crippen molar-refractivity contribution < 1.29 is 14.3 Å². The molecule has 0 unspecified atom stereocenters. The molecule has 0 saturated carbocycles. The van der Waals surface area contributed by atoms with Crippen LogP contribution in [-0.4, -0.2) is 71.8 Å². The van der Waals surface area contributed by atoms with E-state index in [0.29, 0.717) is 61.4 Å². The Bertz CT molecular complexity index is 1020. The van der Waals surface area contributed by atoms with Crippen LogP contribution in [0.3, 0.4) is 0 Å². The number of carbonyl (C=O) groups is 2. The van der Waals surface area contributed by atoms with Gasteiger partial charge in [-0.15, -0.1) is 0 Å². The van der Waals surface area contributed by atoms with Gasteiger partial charge < -0.3 is 15.1 Å². The average Bonchev–Trinajstić information content (AvgIpc) is 3.11. The first-order chi connectivity index (χ1) is 16.5. The summed E-state index contributed by atoms with van der Waals surface area (Å²) >= 11 is 5.53. The molecular weight excluding hydrogens is 464 g/mol. The molecule has 10 heteroatoms. The number of amides is 1. The predicted molar refractivity (Wildman–Crippen MR) is 142 cm³/mol. The smallest absolute Gasteiger partial charge is 0.320 e. The number of hydrazone groups is 1. The van der Waals surface area contributed by atoms with E-state index in [-0.39, 0.29) is 17.3 Å². The van der Waals surface area contributed by atoms with Crippen molar-refractivity contribution in [1.29, 1.82) is 0 Å². The summed E-state index contributed by atoms with van der Waals surface area (Å²) in [5, 5.41) is 6.46. The van der Waals surface area contributed by atoms with Gasteiger partial charge in [0, 0.05) is 31.9 Å². The van der Waals surface area contributed by atoms with Crippen molar-refractivity contribution in [2.45, 2.75) is 47.0 Å². The highest BCUT2D eigenvalue weighted by molar-refractivity contribution is 7.80. The van der Waals surface area contributed by atoms with Crippen LogP contribution in [0.2, 0.25) is 0 Å². The number of nitrogens with one attached hydrogen (secondary N) is 2. The number of hydrazine groups is 1. The van der Waals surface area contributed by atoms with Crippen LogP contribution in [0.5, 0.6) is 0 Å². The Kier molecular flexibility index (Phi) is 8.50. The van der Waals surface area contributed by atoms with E-state index in [1.807, 2.05) is 43.0 Å². The lowest BCUT2D eigenvalue weighted by Crippen LogP contribution is -2.54. The molecule has 2 heterocycles. The second-order valence-corrected chi connectivity index (χ2v) is 10.1. The quantitative estimate of drug-likeness (QED) is 0.267. The van der Waals surface area contributed by atoms with Gasteiger partial charge in [0.15, 0.2) is 5.11 Å². The summed E-state index contributed by atoms with van der Waals surface area (Å²) in [6.45, 7) is 15.4. The molecule has 1 amide bonds. The molecule has 2 aliphatic heterocycles. The molecule has 190 valence electrons. The van der Waals surface area contributed by atoms with Crippen LogP contribution in [0.25, 0.3) is 0 Å². The standard InChI is InChI=1S/C25H36N6O3S/c1-7-34-21(32)16-29-12-14-30(15-13-29)24(35)27-26-17(2)22-18(3)28-31(23(22)33)20-10-8-19(9-11-20)25(4,5)6/h8-11,26H,7,12-16H2,1-6H3,(H,27,35)/b22-17-. The maximum absolute atomic E-state index is 13.2. The number of piperazine rings is 1. The van der Waals surface area contributed by atoms with E-state index in [4.69, 9.17) is 17.0 Å². The van der Waals surface area contributed by atoms with Gasteiger partial charge in [0.25, 0.3) is 5.91 Å². The van der Waals surface area contributed by atoms with Gasteiger partial charge in [-0.25, -0.2) is 0 Å². The van der Waals surface area contributed by atoms with E-state index < -0.39 is 0 Å². The molecule has 2 N–H and O–H groups in total. The number of thiocarbonyl (C=S) groups is 1. The first-order valence-corrected chi connectivity index (χ1v) is 12.3. The summed E-state index contributed by atoms with van der Waals surface area (Å²) in [6.07, 6.45) is 0. The molecule has 1 saturated heterocycles. The normalized spacial score (nSPS) is 18.3. The van der Waals surface area contributed by atoms with E-state index >= 15 is 0 Å². The number of esters is 1. The number of rotatable bonds is 6. The summed E-state index contributed by atoms with van der Waals surface area (Å²) in [4.78, 5) is 28.9. The highest BCUT2D eigenvalue weighted by atomic mass is 32.1. The average molecular weight is 501 g/mol. The summed E-state index contributed by atoms with van der Waals surface area (Å²) in [5.41, 5.74) is 9.88. The Balaban J connectivity index is 1.56. The topological polar surface area (TPSA) is 89.5 Å². The highest BCUT2D eigenvalue weighted by Gasteiger charge is 2.31. The lowest BCUT2D eigenvalue weighted by molar-refractivity contribution is -0.144. The number of anilines is 1. The molecule has 1 aromatic rings. The first-order valence-electron chi connectivity index (χ1n) is 11.9. The molecule has 35 heavy (non-hydrogen) atoms. The summed E-state index contributed by atoms with van der Waals surface area (Å²) in [7, 11) is 0. The maximum atomic E-state index is 13.2. The molecule has 3 rings (SSSR count). The molecule has 0 aromatic heterocycles. The second kappa shape index (κ2) is 11.2. The van der Waals surface area contributed by atoms with Crippen LogP contribution >= 0.6 is 12.2 Å². The van der Waals surface area contributed by atoms with E-state index in [1.54, 1.807) is 6.92 Å². The summed E-state index contributed by atoms with van der Waals surface area (Å²) < 4.78 is 5.02. The van der Waals surface area contributed by atoms with Crippen LogP contribution in [0.1, 0.15) is 47.1 Å². The second-order valence-electron chi connectivity index (χ2n) is 9.72. The third kappa shape index (κ3) is 6.58. The molecule has 2 aliphatic rings. The Morgan fingerprint density at radius 2 is 1.74 bits per heavy atom. The molecular formula is C25H36N6O3S. The first kappa shape index (κ1) is 26.6. The van der Waals surface area contributed by atoms with E-state index in [9.17, 15) is 9.59 Å². The number of allylic oxidation sites excluding steroid dienone is 1. The van der Waals surface area contributed by atoms with Gasteiger partial charge in [-0.1, -0.05) is 32.9 Å². The lowest BCUT2D eigenvalue weighted by atomic mass is 9.87. The zero-order valence-electron chi connectivity index (χ0n) is 21.5. The van der Waals surface area contributed by atoms with E-state index in [0.717, 1.165) is 5.69 Å². The maximum Gasteiger partial charge on any atom is 0.320 e. The highest BCUT2D eigenvalue weighted by Crippen LogP contribution is 2.28. The van der Waals surface area contributed by atoms with Gasteiger partial charge in [-0.05, 0) is 56.1 Å². The van der Waals surface area contributed by atoms with Gasteiger partial charge >= 0.3 is 5.97 Å². The van der Waals surface area contributed by atoms with Gasteiger partial charge in [-0.2, -0.15) is 10.1 Å². The van der Waals surface area contributed by atoms with Crippen molar-refractivity contribution in [1.82, 2.24) is 20.7 Å². The number of hydrogen-bond donors (Lipinski definition) is 2. The van der Waals surface area contributed by atoms with Crippen LogP contribution in [0.15, 0.2) is 40.6 Å². The van der Waals surface area contributed by atoms with Crippen molar-refractivity contribution in [3.05, 3.63) is 41.1 Å². The molecule has 9 nitrogen and oxygen atoms in total. The van der Waals surface area contributed by atoms with E-state index in [1.165, 1.54) is 10.6 Å². The number of ether oxygens (including phenoxy) is 1. The molecule has 1 aromatic carbocycles. The van der Waals surface area contributed by atoms with Crippen LogP contribution < -0.4 is 15.9 Å². The van der Waals surface area contributed by atoms with Crippen molar-refractivity contribution in [3.8, 4) is 0 Å². The van der Waals surface area contributed by atoms with Crippen molar-refractivity contribution in [2.24, 2.45) is 5.10 Å². The van der Waals surface area contributed by atoms with Crippen molar-refractivity contribution in [2.75, 3.05) is 44.3 Å². The van der Waals surface area contributed by atoms with Crippen molar-refractivity contribution in [3.63, 3.8) is 0 Å². The number of benzene rings is 1. The molecule has 0 atom stereocenters. The number of hydrogen-bond acceptors (Lipinski definition) is 7. The predicted octanol–water partition coefficient (Wildman–Crippen LogP) is 2.54. The van der Waals surface area contributed by atoms with Gasteiger partial charge in [-0.3, -0.25) is 19.9 Å². The molecule has 1 fully saturated rings. The Morgan fingerprint density at radius 3 is 2.31 bits per heavy atom. The fourth-order valence-corrected chi connectivity index (χ4v) is 4.24. The van der Waals surface area contributed by atoms with Crippen LogP contribution in [0, 0.1) is 0 Å². The molecule has 0 bridgehead atoms. The Labute approximate surface area is 213 Å². The third-order valence-electron chi connectivity index (χ3n) is 6.05. The fraction of sp³-hybridized carbons (Fsp3) is 0.520. The molecule has 0 spiro atoms. The monoisotopic (exact) mass is 500 g/mol.